The van der Waals surface area contributed by atoms with Crippen LogP contribution in [0.3, 0.4) is 0 Å². The molecule has 0 unspecified atom stereocenters. The van der Waals surface area contributed by atoms with E-state index in [1.807, 2.05) is 4.57 Å². The van der Waals surface area contributed by atoms with Crippen molar-refractivity contribution in [2.24, 2.45) is 0 Å². The normalized spacial score (nSPS) is 15.6. The third-order valence-electron chi connectivity index (χ3n) is 1.46. The maximum atomic E-state index is 3.92. The van der Waals surface area contributed by atoms with E-state index in [0.29, 0.717) is 0 Å². The Morgan fingerprint density at radius 1 is 1.44 bits per heavy atom. The number of rotatable bonds is 0. The van der Waals surface area contributed by atoms with Crippen molar-refractivity contribution in [2.45, 2.75) is 13.0 Å². The molecule has 2 rings (SSSR count). The van der Waals surface area contributed by atoms with Crippen LogP contribution in [0.4, 0.5) is 0 Å². The molecule has 0 saturated carbocycles. The third-order valence-corrected chi connectivity index (χ3v) is 1.46. The highest BCUT2D eigenvalue weighted by Crippen LogP contribution is 2.02. The molecule has 3 nitrogen and oxygen atoms in total. The Labute approximate surface area is 53.0 Å². The predicted molar refractivity (Wildman–Crippen MR) is 32.9 cm³/mol. The fraction of sp³-hybridized carbons (Fsp3) is 0.333. The van der Waals surface area contributed by atoms with Crippen molar-refractivity contribution in [2.75, 3.05) is 0 Å². The van der Waals surface area contributed by atoms with E-state index in [0.717, 1.165) is 18.8 Å². The maximum absolute atomic E-state index is 3.92. The Morgan fingerprint density at radius 2 is 2.44 bits per heavy atom. The minimum atomic E-state index is 0.931. The highest BCUT2D eigenvalue weighted by Gasteiger charge is 2.02. The summed E-state index contributed by atoms with van der Waals surface area (Å²) in [6, 6.07) is 0. The van der Waals surface area contributed by atoms with Crippen molar-refractivity contribution < 1.29 is 0 Å². The van der Waals surface area contributed by atoms with Gasteiger partial charge in [-0.2, -0.15) is 0 Å². The van der Waals surface area contributed by atoms with Crippen LogP contribution >= 0.6 is 0 Å². The molecule has 0 N–H and O–H groups in total. The lowest BCUT2D eigenvalue weighted by molar-refractivity contribution is 0.736. The molecule has 9 heavy (non-hydrogen) atoms. The van der Waals surface area contributed by atoms with Gasteiger partial charge in [0.05, 0.1) is 0 Å². The average molecular weight is 121 g/mol. The molecule has 46 valence electrons. The lowest BCUT2D eigenvalue weighted by Gasteiger charge is -2.04. The molecule has 0 radical (unpaired) electrons. The number of hydrogen-bond donors (Lipinski definition) is 0. The van der Waals surface area contributed by atoms with E-state index in [2.05, 4.69) is 22.3 Å². The Morgan fingerprint density at radius 3 is 3.33 bits per heavy atom. The zero-order valence-corrected chi connectivity index (χ0v) is 4.99. The first-order valence-electron chi connectivity index (χ1n) is 2.98. The van der Waals surface area contributed by atoms with Gasteiger partial charge < -0.3 is 4.57 Å². The van der Waals surface area contributed by atoms with Gasteiger partial charge in [0.15, 0.2) is 0 Å². The first-order chi connectivity index (χ1) is 4.47. The van der Waals surface area contributed by atoms with Gasteiger partial charge in [-0.1, -0.05) is 12.2 Å². The molecular weight excluding hydrogens is 114 g/mol. The molecule has 0 spiro atoms. The van der Waals surface area contributed by atoms with Crippen molar-refractivity contribution in [3.8, 4) is 0 Å². The number of fused-ring (bicyclic) bond motifs is 1. The van der Waals surface area contributed by atoms with Gasteiger partial charge in [-0.15, -0.1) is 10.2 Å². The van der Waals surface area contributed by atoms with Gasteiger partial charge in [0.25, 0.3) is 0 Å². The van der Waals surface area contributed by atoms with Crippen LogP contribution in [0.2, 0.25) is 0 Å². The number of allylic oxidation sites excluding steroid dienone is 2. The van der Waals surface area contributed by atoms with E-state index in [-0.39, 0.29) is 0 Å². The summed E-state index contributed by atoms with van der Waals surface area (Å²) in [4.78, 5) is 0. The molecule has 1 aliphatic heterocycles. The molecule has 1 aromatic heterocycles. The van der Waals surface area contributed by atoms with Crippen LogP contribution in [0.5, 0.6) is 0 Å². The summed E-state index contributed by atoms with van der Waals surface area (Å²) >= 11 is 0. The van der Waals surface area contributed by atoms with Gasteiger partial charge in [-0.3, -0.25) is 0 Å². The molecule has 1 aromatic rings. The molecule has 1 aliphatic rings. The summed E-state index contributed by atoms with van der Waals surface area (Å²) in [5.74, 6) is 1.07. The van der Waals surface area contributed by atoms with Crippen LogP contribution in [0.15, 0.2) is 18.5 Å². The van der Waals surface area contributed by atoms with Crippen molar-refractivity contribution in [3.63, 3.8) is 0 Å². The van der Waals surface area contributed by atoms with Gasteiger partial charge in [0.1, 0.15) is 12.2 Å². The summed E-state index contributed by atoms with van der Waals surface area (Å²) in [6.07, 6.45) is 6.93. The Hall–Kier alpha value is -1.12. The second-order valence-corrected chi connectivity index (χ2v) is 2.08. The molecule has 0 atom stereocenters. The summed E-state index contributed by atoms with van der Waals surface area (Å²) < 4.78 is 2.04. The van der Waals surface area contributed by atoms with E-state index >= 15 is 0 Å². The summed E-state index contributed by atoms with van der Waals surface area (Å²) in [6.45, 7) is 0.933. The molecule has 0 fully saturated rings. The highest BCUT2D eigenvalue weighted by atomic mass is 15.3. The third kappa shape index (κ3) is 0.650. The molecule has 0 aliphatic carbocycles. The lowest BCUT2D eigenvalue weighted by atomic mass is 10.3. The Balaban J connectivity index is 2.46. The highest BCUT2D eigenvalue weighted by molar-refractivity contribution is 5.02. The van der Waals surface area contributed by atoms with Gasteiger partial charge in [0, 0.05) is 13.0 Å². The van der Waals surface area contributed by atoms with Crippen LogP contribution in [-0.2, 0) is 13.0 Å². The molecule has 3 heteroatoms. The topological polar surface area (TPSA) is 30.7 Å². The van der Waals surface area contributed by atoms with E-state index in [1.54, 1.807) is 6.33 Å². The van der Waals surface area contributed by atoms with Crippen molar-refractivity contribution in [3.05, 3.63) is 24.3 Å². The first kappa shape index (κ1) is 4.73. The maximum Gasteiger partial charge on any atom is 0.136 e. The molecule has 0 aromatic carbocycles. The van der Waals surface area contributed by atoms with Crippen LogP contribution in [0.25, 0.3) is 0 Å². The fourth-order valence-corrected chi connectivity index (χ4v) is 0.966. The van der Waals surface area contributed by atoms with E-state index in [4.69, 9.17) is 0 Å². The second-order valence-electron chi connectivity index (χ2n) is 2.08. The predicted octanol–water partition coefficient (Wildman–Crippen LogP) is 0.390. The fourth-order valence-electron chi connectivity index (χ4n) is 0.966. The van der Waals surface area contributed by atoms with Crippen LogP contribution in [0.1, 0.15) is 5.82 Å². The minimum absolute atomic E-state index is 0.931. The van der Waals surface area contributed by atoms with Crippen molar-refractivity contribution in [1.29, 1.82) is 0 Å². The minimum Gasteiger partial charge on any atom is -0.313 e. The molecule has 0 saturated heterocycles. The van der Waals surface area contributed by atoms with Crippen LogP contribution in [0, 0.1) is 0 Å². The molecule has 0 amide bonds. The van der Waals surface area contributed by atoms with Gasteiger partial charge in [-0.25, -0.2) is 0 Å². The zero-order chi connectivity index (χ0) is 6.10. The van der Waals surface area contributed by atoms with Crippen LogP contribution < -0.4 is 0 Å². The standard InChI is InChI=1S/C6H7N3/c1-2-4-9-5-7-8-6(9)3-1/h1-2,5H,3-4H2. The van der Waals surface area contributed by atoms with Crippen molar-refractivity contribution in [1.82, 2.24) is 14.8 Å². The second kappa shape index (κ2) is 1.69. The summed E-state index contributed by atoms with van der Waals surface area (Å²) in [5.41, 5.74) is 0. The number of nitrogens with zero attached hydrogens (tertiary/aromatic N) is 3. The van der Waals surface area contributed by atoms with E-state index in [1.165, 1.54) is 0 Å². The van der Waals surface area contributed by atoms with Gasteiger partial charge in [-0.05, 0) is 0 Å². The first-order valence-corrected chi connectivity index (χ1v) is 2.98. The number of aromatic nitrogens is 3. The largest absolute Gasteiger partial charge is 0.313 e. The smallest absolute Gasteiger partial charge is 0.136 e. The molecule has 2 heterocycles. The Kier molecular flexibility index (Phi) is 0.886. The van der Waals surface area contributed by atoms with Crippen molar-refractivity contribution >= 4 is 0 Å². The number of hydrogen-bond acceptors (Lipinski definition) is 2. The summed E-state index contributed by atoms with van der Waals surface area (Å²) in [7, 11) is 0. The monoisotopic (exact) mass is 121 g/mol. The van der Waals surface area contributed by atoms with Gasteiger partial charge in [0.2, 0.25) is 0 Å². The molecule has 0 bridgehead atoms. The van der Waals surface area contributed by atoms with E-state index < -0.39 is 0 Å². The lowest BCUT2D eigenvalue weighted by Crippen LogP contribution is -2.04. The quantitative estimate of drug-likeness (QED) is 0.465. The molecular formula is C6H7N3. The van der Waals surface area contributed by atoms with Crippen LogP contribution in [-0.4, -0.2) is 14.8 Å². The van der Waals surface area contributed by atoms with E-state index in [9.17, 15) is 0 Å². The average Bonchev–Trinajstić information content (AvgIpc) is 2.33. The Bertz CT molecular complexity index is 214. The van der Waals surface area contributed by atoms with Gasteiger partial charge >= 0.3 is 0 Å². The zero-order valence-electron chi connectivity index (χ0n) is 4.99. The SMILES string of the molecule is C1=CCn2cnnc2C1. The summed E-state index contributed by atoms with van der Waals surface area (Å²) in [5, 5.41) is 7.70.